The summed E-state index contributed by atoms with van der Waals surface area (Å²) in [5, 5.41) is 17.8. The van der Waals surface area contributed by atoms with Gasteiger partial charge in [0.2, 0.25) is 0 Å². The van der Waals surface area contributed by atoms with Crippen molar-refractivity contribution in [3.63, 3.8) is 0 Å². The van der Waals surface area contributed by atoms with E-state index in [0.717, 1.165) is 29.7 Å². The van der Waals surface area contributed by atoms with E-state index in [1.807, 2.05) is 24.3 Å². The van der Waals surface area contributed by atoms with Crippen LogP contribution in [-0.2, 0) is 30.1 Å². The van der Waals surface area contributed by atoms with Gasteiger partial charge in [-0.15, -0.1) is 5.10 Å². The number of carboxylic acids is 1. The van der Waals surface area contributed by atoms with Crippen LogP contribution >= 0.6 is 0 Å². The van der Waals surface area contributed by atoms with E-state index in [2.05, 4.69) is 10.3 Å². The summed E-state index contributed by atoms with van der Waals surface area (Å²) in [5.74, 6) is -0.768. The lowest BCUT2D eigenvalue weighted by Crippen LogP contribution is -2.41. The highest BCUT2D eigenvalue weighted by Gasteiger charge is 2.44. The highest BCUT2D eigenvalue weighted by atomic mass is 16.4. The van der Waals surface area contributed by atoms with E-state index in [1.165, 1.54) is 0 Å². The van der Waals surface area contributed by atoms with Crippen LogP contribution in [0.15, 0.2) is 30.5 Å². The molecule has 2 aromatic rings. The Labute approximate surface area is 117 Å². The van der Waals surface area contributed by atoms with Crippen LogP contribution < -0.4 is 0 Å². The average Bonchev–Trinajstić information content (AvgIpc) is 2.84. The number of hydrogen-bond acceptors (Lipinski definition) is 3. The molecule has 0 saturated heterocycles. The van der Waals surface area contributed by atoms with Crippen LogP contribution in [-0.4, -0.2) is 26.1 Å². The van der Waals surface area contributed by atoms with E-state index in [4.69, 9.17) is 0 Å². The molecule has 1 aromatic carbocycles. The SMILES string of the molecule is Cn1cc(CC2(C(=O)O)CCCc3ccccc32)nn1. The summed E-state index contributed by atoms with van der Waals surface area (Å²) in [7, 11) is 1.79. The van der Waals surface area contributed by atoms with Gasteiger partial charge in [0.05, 0.1) is 11.1 Å². The minimum atomic E-state index is -0.870. The standard InChI is InChI=1S/C15H17N3O2/c1-18-10-12(16-17-18)9-15(14(19)20)8-4-6-11-5-2-3-7-13(11)15/h2-3,5,7,10H,4,6,8-9H2,1H3,(H,19,20). The number of rotatable bonds is 3. The largest absolute Gasteiger partial charge is 0.481 e. The first kappa shape index (κ1) is 12.8. The normalized spacial score (nSPS) is 21.4. The van der Waals surface area contributed by atoms with Crippen molar-refractivity contribution in [3.05, 3.63) is 47.3 Å². The van der Waals surface area contributed by atoms with Crippen LogP contribution in [0.5, 0.6) is 0 Å². The first-order valence-electron chi connectivity index (χ1n) is 6.79. The smallest absolute Gasteiger partial charge is 0.314 e. The Balaban J connectivity index is 2.07. The summed E-state index contributed by atoms with van der Waals surface area (Å²) in [6, 6.07) is 7.86. The summed E-state index contributed by atoms with van der Waals surface area (Å²) in [5.41, 5.74) is 1.94. The molecule has 1 unspecified atom stereocenters. The van der Waals surface area contributed by atoms with E-state index in [9.17, 15) is 9.90 Å². The molecule has 1 atom stereocenters. The molecule has 1 heterocycles. The molecule has 1 aliphatic carbocycles. The van der Waals surface area contributed by atoms with Gasteiger partial charge in [-0.1, -0.05) is 29.5 Å². The van der Waals surface area contributed by atoms with Crippen molar-refractivity contribution >= 4 is 5.97 Å². The van der Waals surface area contributed by atoms with E-state index < -0.39 is 11.4 Å². The Morgan fingerprint density at radius 3 is 2.95 bits per heavy atom. The number of aliphatic carboxylic acids is 1. The highest BCUT2D eigenvalue weighted by Crippen LogP contribution is 2.40. The second-order valence-corrected chi connectivity index (χ2v) is 5.46. The molecule has 3 rings (SSSR count). The monoisotopic (exact) mass is 271 g/mol. The first-order valence-corrected chi connectivity index (χ1v) is 6.79. The molecule has 5 nitrogen and oxygen atoms in total. The first-order chi connectivity index (χ1) is 9.62. The maximum atomic E-state index is 12.0. The number of benzene rings is 1. The fourth-order valence-electron chi connectivity index (χ4n) is 3.19. The fraction of sp³-hybridized carbons (Fsp3) is 0.400. The van der Waals surface area contributed by atoms with Crippen LogP contribution in [0.4, 0.5) is 0 Å². The van der Waals surface area contributed by atoms with Crippen molar-refractivity contribution < 1.29 is 9.90 Å². The number of hydrogen-bond donors (Lipinski definition) is 1. The van der Waals surface area contributed by atoms with Gasteiger partial charge in [0, 0.05) is 19.7 Å². The molecule has 104 valence electrons. The van der Waals surface area contributed by atoms with Gasteiger partial charge in [-0.3, -0.25) is 9.48 Å². The molecule has 1 aliphatic rings. The zero-order valence-corrected chi connectivity index (χ0v) is 11.4. The molecular formula is C15H17N3O2. The molecule has 5 heteroatoms. The van der Waals surface area contributed by atoms with Crippen LogP contribution in [0.1, 0.15) is 29.7 Å². The van der Waals surface area contributed by atoms with Gasteiger partial charge >= 0.3 is 5.97 Å². The van der Waals surface area contributed by atoms with E-state index in [-0.39, 0.29) is 0 Å². The molecule has 0 fully saturated rings. The summed E-state index contributed by atoms with van der Waals surface area (Å²) in [6.07, 6.45) is 4.68. The van der Waals surface area contributed by atoms with Crippen LogP contribution in [0.2, 0.25) is 0 Å². The highest BCUT2D eigenvalue weighted by molar-refractivity contribution is 5.82. The molecule has 20 heavy (non-hydrogen) atoms. The lowest BCUT2D eigenvalue weighted by Gasteiger charge is -2.35. The maximum absolute atomic E-state index is 12.0. The zero-order chi connectivity index (χ0) is 14.2. The number of carboxylic acid groups (broad SMARTS) is 1. The van der Waals surface area contributed by atoms with Crippen molar-refractivity contribution in [1.82, 2.24) is 15.0 Å². The maximum Gasteiger partial charge on any atom is 0.314 e. The van der Waals surface area contributed by atoms with Crippen molar-refractivity contribution in [2.24, 2.45) is 7.05 Å². The predicted octanol–water partition coefficient (Wildman–Crippen LogP) is 1.72. The Morgan fingerprint density at radius 1 is 1.45 bits per heavy atom. The van der Waals surface area contributed by atoms with Gasteiger partial charge in [0.25, 0.3) is 0 Å². The zero-order valence-electron chi connectivity index (χ0n) is 11.4. The fourth-order valence-corrected chi connectivity index (χ4v) is 3.19. The minimum Gasteiger partial charge on any atom is -0.481 e. The van der Waals surface area contributed by atoms with Gasteiger partial charge in [-0.25, -0.2) is 0 Å². The topological polar surface area (TPSA) is 68.0 Å². The lowest BCUT2D eigenvalue weighted by atomic mass is 9.67. The molecule has 1 N–H and O–H groups in total. The summed E-state index contributed by atoms with van der Waals surface area (Å²) < 4.78 is 1.61. The number of nitrogens with zero attached hydrogens (tertiary/aromatic N) is 3. The summed E-state index contributed by atoms with van der Waals surface area (Å²) >= 11 is 0. The third-order valence-corrected chi connectivity index (χ3v) is 4.12. The van der Waals surface area contributed by atoms with E-state index in [0.29, 0.717) is 12.8 Å². The Bertz CT molecular complexity index is 650. The molecule has 0 radical (unpaired) electrons. The van der Waals surface area contributed by atoms with Gasteiger partial charge in [-0.2, -0.15) is 0 Å². The van der Waals surface area contributed by atoms with Crippen molar-refractivity contribution in [2.75, 3.05) is 0 Å². The molecular weight excluding hydrogens is 254 g/mol. The van der Waals surface area contributed by atoms with E-state index in [1.54, 1.807) is 17.9 Å². The van der Waals surface area contributed by atoms with E-state index >= 15 is 0 Å². The molecule has 0 saturated carbocycles. The van der Waals surface area contributed by atoms with Crippen molar-refractivity contribution in [2.45, 2.75) is 31.1 Å². The third kappa shape index (κ3) is 1.99. The molecule has 0 spiro atoms. The minimum absolute atomic E-state index is 0.396. The lowest BCUT2D eigenvalue weighted by molar-refractivity contribution is -0.144. The van der Waals surface area contributed by atoms with Gasteiger partial charge in [0.15, 0.2) is 0 Å². The molecule has 0 aliphatic heterocycles. The van der Waals surface area contributed by atoms with Crippen LogP contribution in [0.25, 0.3) is 0 Å². The number of carbonyl (C=O) groups is 1. The second-order valence-electron chi connectivity index (χ2n) is 5.46. The quantitative estimate of drug-likeness (QED) is 0.923. The third-order valence-electron chi connectivity index (χ3n) is 4.12. The molecule has 0 amide bonds. The summed E-state index contributed by atoms with van der Waals surface area (Å²) in [4.78, 5) is 12.0. The predicted molar refractivity (Wildman–Crippen MR) is 73.4 cm³/mol. The van der Waals surface area contributed by atoms with Gasteiger partial charge < -0.3 is 5.11 Å². The van der Waals surface area contributed by atoms with Crippen LogP contribution in [0.3, 0.4) is 0 Å². The van der Waals surface area contributed by atoms with Gasteiger partial charge in [-0.05, 0) is 30.4 Å². The number of aryl methyl sites for hydroxylation is 2. The van der Waals surface area contributed by atoms with Crippen molar-refractivity contribution in [1.29, 1.82) is 0 Å². The molecule has 0 bridgehead atoms. The number of fused-ring (bicyclic) bond motifs is 1. The van der Waals surface area contributed by atoms with Crippen LogP contribution in [0, 0.1) is 0 Å². The second kappa shape index (κ2) is 4.74. The Hall–Kier alpha value is -2.17. The molecule has 1 aromatic heterocycles. The van der Waals surface area contributed by atoms with Crippen molar-refractivity contribution in [3.8, 4) is 0 Å². The number of aromatic nitrogens is 3. The Kier molecular flexibility index (Phi) is 3.04. The average molecular weight is 271 g/mol. The van der Waals surface area contributed by atoms with Gasteiger partial charge in [0.1, 0.15) is 0 Å². The Morgan fingerprint density at radius 2 is 2.25 bits per heavy atom. The summed E-state index contributed by atoms with van der Waals surface area (Å²) in [6.45, 7) is 0.